The topological polar surface area (TPSA) is 30.0 Å². The van der Waals surface area contributed by atoms with Crippen LogP contribution in [0.2, 0.25) is 0 Å². The minimum absolute atomic E-state index is 0.0435. The minimum Gasteiger partial charge on any atom is -0.288 e. The lowest BCUT2D eigenvalue weighted by Gasteiger charge is -1.90. The van der Waals surface area contributed by atoms with Crippen LogP contribution in [0.3, 0.4) is 0 Å². The molecule has 0 atom stereocenters. The average Bonchev–Trinajstić information content (AvgIpc) is 2.74. The van der Waals surface area contributed by atoms with Crippen molar-refractivity contribution in [2.45, 2.75) is 6.92 Å². The van der Waals surface area contributed by atoms with Crippen LogP contribution < -0.4 is 0 Å². The molecule has 0 bridgehead atoms. The van der Waals surface area contributed by atoms with Crippen LogP contribution in [0.4, 0.5) is 0 Å². The molecule has 0 aliphatic rings. The van der Waals surface area contributed by atoms with Crippen molar-refractivity contribution in [2.75, 3.05) is 0 Å². The predicted octanol–water partition coefficient (Wildman–Crippen LogP) is 3.35. The molecule has 2 rings (SSSR count). The van der Waals surface area contributed by atoms with Crippen LogP contribution in [0.1, 0.15) is 20.1 Å². The molecule has 0 saturated heterocycles. The number of pyridine rings is 1. The lowest BCUT2D eigenvalue weighted by atomic mass is 10.2. The molecule has 0 aliphatic carbocycles. The van der Waals surface area contributed by atoms with Gasteiger partial charge in [0, 0.05) is 17.3 Å². The van der Waals surface area contributed by atoms with Gasteiger partial charge in [-0.3, -0.25) is 9.78 Å². The highest BCUT2D eigenvalue weighted by Crippen LogP contribution is 2.16. The molecule has 0 amide bonds. The van der Waals surface area contributed by atoms with Gasteiger partial charge in [-0.1, -0.05) is 6.07 Å². The van der Waals surface area contributed by atoms with Crippen molar-refractivity contribution in [3.63, 3.8) is 0 Å². The second-order valence-electron chi connectivity index (χ2n) is 3.39. The van der Waals surface area contributed by atoms with E-state index >= 15 is 0 Å². The third kappa shape index (κ3) is 2.64. The summed E-state index contributed by atoms with van der Waals surface area (Å²) >= 11 is 1.51. The van der Waals surface area contributed by atoms with Crippen molar-refractivity contribution in [3.8, 4) is 0 Å². The second kappa shape index (κ2) is 4.86. The van der Waals surface area contributed by atoms with Gasteiger partial charge in [-0.05, 0) is 42.8 Å². The molecule has 0 radical (unpaired) electrons. The highest BCUT2D eigenvalue weighted by molar-refractivity contribution is 7.14. The van der Waals surface area contributed by atoms with Crippen LogP contribution in [-0.4, -0.2) is 10.8 Å². The standard InChI is InChI=1S/C13H11NOS/c1-10-4-7-13(16-10)12(15)6-5-11-3-2-8-14-9-11/h2-9H,1H3/b6-5+. The zero-order valence-electron chi connectivity index (χ0n) is 8.88. The van der Waals surface area contributed by atoms with Crippen LogP contribution in [0.25, 0.3) is 6.08 Å². The summed E-state index contributed by atoms with van der Waals surface area (Å²) in [5.74, 6) is 0.0435. The maximum Gasteiger partial charge on any atom is 0.195 e. The molecule has 0 aliphatic heterocycles. The summed E-state index contributed by atoms with van der Waals surface area (Å²) in [4.78, 5) is 17.6. The molecule has 2 aromatic rings. The van der Waals surface area contributed by atoms with E-state index in [1.807, 2.05) is 31.2 Å². The van der Waals surface area contributed by atoms with E-state index in [0.717, 1.165) is 15.3 Å². The van der Waals surface area contributed by atoms with E-state index in [4.69, 9.17) is 0 Å². The Morgan fingerprint density at radius 1 is 1.38 bits per heavy atom. The van der Waals surface area contributed by atoms with Crippen molar-refractivity contribution < 1.29 is 4.79 Å². The van der Waals surface area contributed by atoms with Gasteiger partial charge in [-0.25, -0.2) is 0 Å². The number of allylic oxidation sites excluding steroid dienone is 1. The van der Waals surface area contributed by atoms with Crippen LogP contribution >= 0.6 is 11.3 Å². The molecule has 2 heterocycles. The van der Waals surface area contributed by atoms with E-state index in [9.17, 15) is 4.79 Å². The van der Waals surface area contributed by atoms with Gasteiger partial charge in [-0.15, -0.1) is 11.3 Å². The van der Waals surface area contributed by atoms with Gasteiger partial charge in [0.1, 0.15) is 0 Å². The maximum absolute atomic E-state index is 11.7. The first-order valence-electron chi connectivity index (χ1n) is 4.94. The molecule has 2 nitrogen and oxygen atoms in total. The highest BCUT2D eigenvalue weighted by atomic mass is 32.1. The Morgan fingerprint density at radius 3 is 2.88 bits per heavy atom. The summed E-state index contributed by atoms with van der Waals surface area (Å²) in [7, 11) is 0. The summed E-state index contributed by atoms with van der Waals surface area (Å²) in [6.45, 7) is 1.99. The Labute approximate surface area is 98.3 Å². The SMILES string of the molecule is Cc1ccc(C(=O)/C=C/c2cccnc2)s1. The van der Waals surface area contributed by atoms with Gasteiger partial charge in [-0.2, -0.15) is 0 Å². The van der Waals surface area contributed by atoms with Gasteiger partial charge in [0.2, 0.25) is 0 Å². The molecular weight excluding hydrogens is 218 g/mol. The molecule has 3 heteroatoms. The number of hydrogen-bond donors (Lipinski definition) is 0. The van der Waals surface area contributed by atoms with E-state index in [1.54, 1.807) is 24.5 Å². The van der Waals surface area contributed by atoms with Crippen molar-refractivity contribution in [1.29, 1.82) is 0 Å². The molecule has 0 unspecified atom stereocenters. The number of hydrogen-bond acceptors (Lipinski definition) is 3. The number of aryl methyl sites for hydroxylation is 1. The first-order chi connectivity index (χ1) is 7.75. The number of rotatable bonds is 3. The third-order valence-electron chi connectivity index (χ3n) is 2.09. The fourth-order valence-corrected chi connectivity index (χ4v) is 2.08. The van der Waals surface area contributed by atoms with E-state index in [1.165, 1.54) is 11.3 Å². The lowest BCUT2D eigenvalue weighted by molar-refractivity contribution is 0.105. The van der Waals surface area contributed by atoms with Crippen molar-refractivity contribution in [1.82, 2.24) is 4.98 Å². The number of carbonyl (C=O) groups excluding carboxylic acids is 1. The monoisotopic (exact) mass is 229 g/mol. The average molecular weight is 229 g/mol. The Kier molecular flexibility index (Phi) is 3.27. The summed E-state index contributed by atoms with van der Waals surface area (Å²) in [5, 5.41) is 0. The largest absolute Gasteiger partial charge is 0.288 e. The quantitative estimate of drug-likeness (QED) is 0.596. The molecule has 0 spiro atoms. The summed E-state index contributed by atoms with van der Waals surface area (Å²) in [6, 6.07) is 7.57. The number of ketones is 1. The van der Waals surface area contributed by atoms with Crippen molar-refractivity contribution in [2.24, 2.45) is 0 Å². The van der Waals surface area contributed by atoms with Crippen LogP contribution in [0.5, 0.6) is 0 Å². The zero-order chi connectivity index (χ0) is 11.4. The fraction of sp³-hybridized carbons (Fsp3) is 0.0769. The predicted molar refractivity (Wildman–Crippen MR) is 66.7 cm³/mol. The zero-order valence-corrected chi connectivity index (χ0v) is 9.70. The lowest BCUT2D eigenvalue weighted by Crippen LogP contribution is -1.88. The van der Waals surface area contributed by atoms with Crippen LogP contribution in [0.15, 0.2) is 42.7 Å². The molecule has 0 fully saturated rings. The molecular formula is C13H11NOS. The Balaban J connectivity index is 2.11. The maximum atomic E-state index is 11.7. The number of aromatic nitrogens is 1. The van der Waals surface area contributed by atoms with E-state index < -0.39 is 0 Å². The number of carbonyl (C=O) groups is 1. The van der Waals surface area contributed by atoms with Crippen LogP contribution in [0, 0.1) is 6.92 Å². The van der Waals surface area contributed by atoms with Gasteiger partial charge >= 0.3 is 0 Å². The summed E-state index contributed by atoms with van der Waals surface area (Å²) in [5.41, 5.74) is 0.934. The molecule has 80 valence electrons. The smallest absolute Gasteiger partial charge is 0.195 e. The molecule has 0 N–H and O–H groups in total. The van der Waals surface area contributed by atoms with Crippen molar-refractivity contribution in [3.05, 3.63) is 58.1 Å². The molecule has 0 saturated carbocycles. The van der Waals surface area contributed by atoms with Gasteiger partial charge in [0.25, 0.3) is 0 Å². The summed E-state index contributed by atoms with van der Waals surface area (Å²) < 4.78 is 0. The van der Waals surface area contributed by atoms with Crippen molar-refractivity contribution >= 4 is 23.2 Å². The number of thiophene rings is 1. The minimum atomic E-state index is 0.0435. The molecule has 0 aromatic carbocycles. The van der Waals surface area contributed by atoms with E-state index in [-0.39, 0.29) is 5.78 Å². The van der Waals surface area contributed by atoms with Crippen LogP contribution in [-0.2, 0) is 0 Å². The summed E-state index contributed by atoms with van der Waals surface area (Å²) in [6.07, 6.45) is 6.80. The third-order valence-corrected chi connectivity index (χ3v) is 3.11. The molecule has 16 heavy (non-hydrogen) atoms. The Bertz CT molecular complexity index is 514. The van der Waals surface area contributed by atoms with Gasteiger partial charge < -0.3 is 0 Å². The first-order valence-corrected chi connectivity index (χ1v) is 5.76. The second-order valence-corrected chi connectivity index (χ2v) is 4.68. The normalized spacial score (nSPS) is 10.8. The fourth-order valence-electron chi connectivity index (χ4n) is 1.30. The van der Waals surface area contributed by atoms with E-state index in [0.29, 0.717) is 0 Å². The Hall–Kier alpha value is -1.74. The number of nitrogens with zero attached hydrogens (tertiary/aromatic N) is 1. The van der Waals surface area contributed by atoms with E-state index in [2.05, 4.69) is 4.98 Å². The molecule has 2 aromatic heterocycles. The van der Waals surface area contributed by atoms with Gasteiger partial charge in [0.15, 0.2) is 5.78 Å². The highest BCUT2D eigenvalue weighted by Gasteiger charge is 2.03. The first kappa shape index (κ1) is 10.8. The Morgan fingerprint density at radius 2 is 2.25 bits per heavy atom. The van der Waals surface area contributed by atoms with Gasteiger partial charge in [0.05, 0.1) is 4.88 Å².